The Balaban J connectivity index is 2.78. The van der Waals surface area contributed by atoms with Crippen LogP contribution in [0.1, 0.15) is 0 Å². The molecule has 56 valence electrons. The van der Waals surface area contributed by atoms with E-state index in [2.05, 4.69) is 15.8 Å². The van der Waals surface area contributed by atoms with Crippen LogP contribution in [-0.2, 0) is 4.74 Å². The molecule has 4 nitrogen and oxygen atoms in total. The van der Waals surface area contributed by atoms with Crippen molar-refractivity contribution in [1.82, 2.24) is 5.43 Å². The van der Waals surface area contributed by atoms with E-state index < -0.39 is 5.18 Å². The fourth-order valence-electron chi connectivity index (χ4n) is 0.458. The maximum absolute atomic E-state index is 5.67. The number of alkyl halides is 1. The molecule has 1 N–H and O–H groups in total. The number of rotatable bonds is 1. The molecule has 0 fully saturated rings. The van der Waals surface area contributed by atoms with E-state index in [1.165, 1.54) is 13.2 Å². The highest BCUT2D eigenvalue weighted by atomic mass is 35.5. The lowest BCUT2D eigenvalue weighted by Crippen LogP contribution is -2.23. The van der Waals surface area contributed by atoms with Gasteiger partial charge in [-0.15, -0.1) is 5.11 Å². The van der Waals surface area contributed by atoms with Crippen LogP contribution in [0.3, 0.4) is 0 Å². The number of ether oxygens (including phenoxy) is 1. The maximum atomic E-state index is 5.67. The molecule has 0 saturated heterocycles. The molecule has 0 aromatic carbocycles. The van der Waals surface area contributed by atoms with Crippen LogP contribution < -0.4 is 5.43 Å². The van der Waals surface area contributed by atoms with E-state index in [0.29, 0.717) is 5.16 Å². The zero-order chi connectivity index (χ0) is 7.61. The topological polar surface area (TPSA) is 46.0 Å². The average Bonchev–Trinajstić information content (AvgIpc) is 1.88. The van der Waals surface area contributed by atoms with Gasteiger partial charge >= 0.3 is 0 Å². The summed E-state index contributed by atoms with van der Waals surface area (Å²) in [6.07, 6.45) is 1.41. The van der Waals surface area contributed by atoms with E-state index >= 15 is 0 Å². The highest BCUT2D eigenvalue weighted by Gasteiger charge is 2.26. The van der Waals surface area contributed by atoms with Crippen molar-refractivity contribution in [2.75, 3.05) is 7.11 Å². The van der Waals surface area contributed by atoms with Crippen molar-refractivity contribution in [3.63, 3.8) is 0 Å². The first kappa shape index (κ1) is 7.78. The second-order valence-corrected chi connectivity index (χ2v) is 2.57. The lowest BCUT2D eigenvalue weighted by atomic mass is 10.5. The molecule has 0 spiro atoms. The summed E-state index contributed by atoms with van der Waals surface area (Å²) in [5.41, 5.74) is 2.39. The molecule has 1 aliphatic rings. The summed E-state index contributed by atoms with van der Waals surface area (Å²) in [6, 6.07) is 0. The molecule has 0 aromatic rings. The Morgan fingerprint density at radius 3 is 2.90 bits per heavy atom. The minimum absolute atomic E-state index is 0.298. The van der Waals surface area contributed by atoms with Crippen molar-refractivity contribution in [1.29, 1.82) is 0 Å². The van der Waals surface area contributed by atoms with Crippen molar-refractivity contribution in [2.24, 2.45) is 10.3 Å². The van der Waals surface area contributed by atoms with Crippen molar-refractivity contribution in [3.8, 4) is 0 Å². The molecule has 0 radical (unpaired) electrons. The summed E-state index contributed by atoms with van der Waals surface area (Å²) in [4.78, 5) is 0. The molecule has 1 aliphatic heterocycles. The minimum Gasteiger partial charge on any atom is -0.340 e. The Labute approximate surface area is 67.8 Å². The van der Waals surface area contributed by atoms with Gasteiger partial charge in [-0.2, -0.15) is 0 Å². The largest absolute Gasteiger partial charge is 0.340 e. The van der Waals surface area contributed by atoms with Gasteiger partial charge in [-0.3, -0.25) is 0 Å². The average molecular weight is 182 g/mol. The van der Waals surface area contributed by atoms with E-state index in [0.717, 1.165) is 0 Å². The first-order chi connectivity index (χ1) is 4.66. The number of halogens is 2. The molecule has 1 atom stereocenters. The summed E-state index contributed by atoms with van der Waals surface area (Å²) in [5, 5.41) is 5.99. The van der Waals surface area contributed by atoms with Gasteiger partial charge in [0.1, 0.15) is 5.16 Å². The molecule has 0 bridgehead atoms. The predicted molar refractivity (Wildman–Crippen MR) is 37.5 cm³/mol. The van der Waals surface area contributed by atoms with Crippen molar-refractivity contribution in [2.45, 2.75) is 5.18 Å². The lowest BCUT2D eigenvalue weighted by Gasteiger charge is -2.17. The third-order valence-corrected chi connectivity index (χ3v) is 1.47. The first-order valence-electron chi connectivity index (χ1n) is 2.46. The Hall–Kier alpha value is -0.320. The van der Waals surface area contributed by atoms with Crippen molar-refractivity contribution >= 4 is 23.2 Å². The second kappa shape index (κ2) is 2.74. The van der Waals surface area contributed by atoms with Crippen molar-refractivity contribution < 1.29 is 4.74 Å². The molecule has 0 aliphatic carbocycles. The molecule has 6 heteroatoms. The molecular weight excluding hydrogens is 177 g/mol. The van der Waals surface area contributed by atoms with Gasteiger partial charge in [0.2, 0.25) is 0 Å². The van der Waals surface area contributed by atoms with Crippen LogP contribution in [0.15, 0.2) is 21.6 Å². The summed E-state index contributed by atoms with van der Waals surface area (Å²) in [5.74, 6) is 0. The van der Waals surface area contributed by atoms with Gasteiger partial charge in [0.15, 0.2) is 0 Å². The molecule has 1 rings (SSSR count). The summed E-state index contributed by atoms with van der Waals surface area (Å²) < 4.78 is 4.75. The Kier molecular flexibility index (Phi) is 2.13. The Morgan fingerprint density at radius 1 is 1.80 bits per heavy atom. The van der Waals surface area contributed by atoms with E-state index in [-0.39, 0.29) is 0 Å². The van der Waals surface area contributed by atoms with Gasteiger partial charge in [-0.1, -0.05) is 28.4 Å². The first-order valence-corrected chi connectivity index (χ1v) is 3.22. The van der Waals surface area contributed by atoms with Crippen molar-refractivity contribution in [3.05, 3.63) is 11.2 Å². The smallest absolute Gasteiger partial charge is 0.280 e. The van der Waals surface area contributed by atoms with Gasteiger partial charge in [-0.05, 0) is 0 Å². The fraction of sp³-hybridized carbons (Fsp3) is 0.500. The van der Waals surface area contributed by atoms with Gasteiger partial charge in [-0.25, -0.2) is 5.43 Å². The number of methoxy groups -OCH3 is 1. The second-order valence-electron chi connectivity index (χ2n) is 1.62. The fourth-order valence-corrected chi connectivity index (χ4v) is 0.847. The highest BCUT2D eigenvalue weighted by Crippen LogP contribution is 2.24. The quantitative estimate of drug-likeness (QED) is 0.494. The van der Waals surface area contributed by atoms with Crippen LogP contribution >= 0.6 is 23.2 Å². The van der Waals surface area contributed by atoms with Crippen LogP contribution in [0.4, 0.5) is 0 Å². The standard InChI is InChI=1S/C4H5Cl2N3O/c1-10-4(6)2-3(5)7-9-8-4/h2H,1H3,(H,7,8). The lowest BCUT2D eigenvalue weighted by molar-refractivity contribution is 0.100. The zero-order valence-corrected chi connectivity index (χ0v) is 6.65. The summed E-state index contributed by atoms with van der Waals surface area (Å²) in [7, 11) is 1.41. The third-order valence-electron chi connectivity index (χ3n) is 0.934. The highest BCUT2D eigenvalue weighted by molar-refractivity contribution is 6.31. The number of hydrogen-bond acceptors (Lipinski definition) is 4. The normalized spacial score (nSPS) is 31.3. The summed E-state index contributed by atoms with van der Waals surface area (Å²) >= 11 is 11.2. The zero-order valence-electron chi connectivity index (χ0n) is 5.14. The minimum atomic E-state index is -1.23. The van der Waals surface area contributed by atoms with Gasteiger partial charge < -0.3 is 4.74 Å². The van der Waals surface area contributed by atoms with Crippen LogP contribution in [0.5, 0.6) is 0 Å². The predicted octanol–water partition coefficient (Wildman–Crippen LogP) is 1.58. The Bertz CT molecular complexity index is 193. The van der Waals surface area contributed by atoms with Crippen LogP contribution in [-0.4, -0.2) is 12.3 Å². The Morgan fingerprint density at radius 2 is 2.50 bits per heavy atom. The van der Waals surface area contributed by atoms with Gasteiger partial charge in [0.25, 0.3) is 5.18 Å². The van der Waals surface area contributed by atoms with Crippen LogP contribution in [0.2, 0.25) is 0 Å². The number of hydrogen-bond donors (Lipinski definition) is 1. The SMILES string of the molecule is COC1(Cl)C=C(Cl)NN=N1. The molecule has 0 saturated carbocycles. The van der Waals surface area contributed by atoms with Gasteiger partial charge in [0, 0.05) is 13.2 Å². The summed E-state index contributed by atoms with van der Waals surface area (Å²) in [6.45, 7) is 0. The molecule has 0 amide bonds. The van der Waals surface area contributed by atoms with E-state index in [9.17, 15) is 0 Å². The molecule has 10 heavy (non-hydrogen) atoms. The molecule has 0 aromatic heterocycles. The van der Waals surface area contributed by atoms with Gasteiger partial charge in [0.05, 0.1) is 0 Å². The monoisotopic (exact) mass is 181 g/mol. The third kappa shape index (κ3) is 1.59. The van der Waals surface area contributed by atoms with E-state index in [1.54, 1.807) is 0 Å². The molecular formula is C4H5Cl2N3O. The number of nitrogens with one attached hydrogen (secondary N) is 1. The van der Waals surface area contributed by atoms with Crippen LogP contribution in [0.25, 0.3) is 0 Å². The van der Waals surface area contributed by atoms with Crippen LogP contribution in [0, 0.1) is 0 Å². The number of nitrogens with zero attached hydrogens (tertiary/aromatic N) is 2. The molecule has 1 unspecified atom stereocenters. The van der Waals surface area contributed by atoms with E-state index in [1.807, 2.05) is 0 Å². The molecule has 1 heterocycles. The van der Waals surface area contributed by atoms with E-state index in [4.69, 9.17) is 27.9 Å². The maximum Gasteiger partial charge on any atom is 0.280 e.